The number of benzene rings is 2. The zero-order valence-corrected chi connectivity index (χ0v) is 19.9. The molecule has 1 saturated heterocycles. The van der Waals surface area contributed by atoms with Crippen LogP contribution in [0.2, 0.25) is 0 Å². The quantitative estimate of drug-likeness (QED) is 0.232. The van der Waals surface area contributed by atoms with Crippen LogP contribution in [0, 0.1) is 0 Å². The molecule has 1 heterocycles. The number of likely N-dealkylation sites (tertiary alicyclic amines) is 1. The molecule has 2 aromatic carbocycles. The molecule has 0 atom stereocenters. The highest BCUT2D eigenvalue weighted by Crippen LogP contribution is 2.25. The van der Waals surface area contributed by atoms with E-state index < -0.39 is 0 Å². The van der Waals surface area contributed by atoms with E-state index in [1.807, 2.05) is 24.3 Å². The van der Waals surface area contributed by atoms with E-state index in [1.165, 1.54) is 24.2 Å². The number of carbonyl (C=O) groups is 2. The van der Waals surface area contributed by atoms with E-state index in [-0.39, 0.29) is 11.8 Å². The van der Waals surface area contributed by atoms with Gasteiger partial charge in [-0.1, -0.05) is 63.3 Å². The van der Waals surface area contributed by atoms with Crippen LogP contribution in [0.5, 0.6) is 11.5 Å². The van der Waals surface area contributed by atoms with Gasteiger partial charge >= 0.3 is 0 Å². The third-order valence-corrected chi connectivity index (χ3v) is 6.01. The van der Waals surface area contributed by atoms with E-state index in [2.05, 4.69) is 31.2 Å². The number of hydrogen-bond acceptors (Lipinski definition) is 4. The first-order chi connectivity index (χ1) is 16.2. The summed E-state index contributed by atoms with van der Waals surface area (Å²) in [4.78, 5) is 24.6. The zero-order valence-electron chi connectivity index (χ0n) is 19.9. The molecule has 1 aliphatic rings. The van der Waals surface area contributed by atoms with Gasteiger partial charge in [0.1, 0.15) is 11.5 Å². The summed E-state index contributed by atoms with van der Waals surface area (Å²) >= 11 is 0. The highest BCUT2D eigenvalue weighted by atomic mass is 16.5. The van der Waals surface area contributed by atoms with E-state index in [0.717, 1.165) is 61.3 Å². The number of ether oxygens (including phenoxy) is 2. The lowest BCUT2D eigenvalue weighted by Gasteiger charge is -2.13. The summed E-state index contributed by atoms with van der Waals surface area (Å²) in [5.41, 5.74) is 2.32. The summed E-state index contributed by atoms with van der Waals surface area (Å²) < 4.78 is 11.7. The summed E-state index contributed by atoms with van der Waals surface area (Å²) in [6.07, 6.45) is 9.47. The van der Waals surface area contributed by atoms with Crippen molar-refractivity contribution in [2.24, 2.45) is 0 Å². The van der Waals surface area contributed by atoms with E-state index in [1.54, 1.807) is 0 Å². The number of rotatable bonds is 15. The minimum Gasteiger partial charge on any atom is -0.494 e. The van der Waals surface area contributed by atoms with Gasteiger partial charge in [-0.15, -0.1) is 0 Å². The molecule has 3 rings (SSSR count). The van der Waals surface area contributed by atoms with E-state index in [9.17, 15) is 9.59 Å². The topological polar surface area (TPSA) is 55.8 Å². The molecule has 1 aliphatic heterocycles. The van der Waals surface area contributed by atoms with Gasteiger partial charge < -0.3 is 9.47 Å². The van der Waals surface area contributed by atoms with E-state index >= 15 is 0 Å². The maximum atomic E-state index is 11.6. The van der Waals surface area contributed by atoms with Crippen molar-refractivity contribution >= 4 is 11.8 Å². The van der Waals surface area contributed by atoms with Crippen molar-refractivity contribution in [2.75, 3.05) is 19.8 Å². The predicted octanol–water partition coefficient (Wildman–Crippen LogP) is 6.40. The standard InChI is InChI=1S/C28H37NO4/c1-2-3-4-8-21-32-25-14-10-23(11-15-25)24-12-16-26(17-13-24)33-22-9-6-5-7-20-29-27(30)18-19-28(29)31/h10-17H,2-9,18-22H2,1H3. The number of imide groups is 1. The Morgan fingerprint density at radius 3 is 1.58 bits per heavy atom. The molecule has 0 unspecified atom stereocenters. The van der Waals surface area contributed by atoms with Gasteiger partial charge in [-0.25, -0.2) is 0 Å². The van der Waals surface area contributed by atoms with Crippen LogP contribution in [0.3, 0.4) is 0 Å². The molecule has 178 valence electrons. The Labute approximate surface area is 198 Å². The summed E-state index contributed by atoms with van der Waals surface area (Å²) in [6, 6.07) is 16.5. The highest BCUT2D eigenvalue weighted by Gasteiger charge is 2.27. The number of carbonyl (C=O) groups excluding carboxylic acids is 2. The van der Waals surface area contributed by atoms with Crippen molar-refractivity contribution in [2.45, 2.75) is 71.1 Å². The van der Waals surface area contributed by atoms with Gasteiger partial charge in [-0.05, 0) is 54.7 Å². The second kappa shape index (κ2) is 13.7. The van der Waals surface area contributed by atoms with Crippen molar-refractivity contribution in [1.82, 2.24) is 4.90 Å². The van der Waals surface area contributed by atoms with Gasteiger partial charge in [0.25, 0.3) is 0 Å². The fourth-order valence-corrected chi connectivity index (χ4v) is 3.99. The first kappa shape index (κ1) is 24.8. The molecule has 33 heavy (non-hydrogen) atoms. The van der Waals surface area contributed by atoms with E-state index in [4.69, 9.17) is 9.47 Å². The summed E-state index contributed by atoms with van der Waals surface area (Å²) in [6.45, 7) is 4.23. The Kier molecular flexibility index (Phi) is 10.3. The van der Waals surface area contributed by atoms with Gasteiger partial charge in [-0.2, -0.15) is 0 Å². The molecular formula is C28H37NO4. The number of unbranched alkanes of at least 4 members (excludes halogenated alkanes) is 6. The Morgan fingerprint density at radius 1 is 0.636 bits per heavy atom. The molecule has 0 bridgehead atoms. The molecular weight excluding hydrogens is 414 g/mol. The fourth-order valence-electron chi connectivity index (χ4n) is 3.99. The number of nitrogens with zero attached hydrogens (tertiary/aromatic N) is 1. The van der Waals surface area contributed by atoms with E-state index in [0.29, 0.717) is 26.0 Å². The van der Waals surface area contributed by atoms with Gasteiger partial charge in [0.15, 0.2) is 0 Å². The van der Waals surface area contributed by atoms with Crippen molar-refractivity contribution in [3.63, 3.8) is 0 Å². The molecule has 0 spiro atoms. The Bertz CT molecular complexity index is 844. The van der Waals surface area contributed by atoms with Gasteiger partial charge in [0.2, 0.25) is 11.8 Å². The summed E-state index contributed by atoms with van der Waals surface area (Å²) in [5, 5.41) is 0. The van der Waals surface area contributed by atoms with Crippen LogP contribution in [0.4, 0.5) is 0 Å². The smallest absolute Gasteiger partial charge is 0.229 e. The molecule has 0 aromatic heterocycles. The minimum absolute atomic E-state index is 0.0196. The fraction of sp³-hybridized carbons (Fsp3) is 0.500. The monoisotopic (exact) mass is 451 g/mol. The number of amides is 2. The molecule has 0 N–H and O–H groups in total. The van der Waals surface area contributed by atoms with Gasteiger partial charge in [0, 0.05) is 19.4 Å². The summed E-state index contributed by atoms with van der Waals surface area (Å²) in [5.74, 6) is 1.76. The highest BCUT2D eigenvalue weighted by molar-refractivity contribution is 6.01. The molecule has 0 radical (unpaired) electrons. The first-order valence-corrected chi connectivity index (χ1v) is 12.5. The van der Waals surface area contributed by atoms with Crippen LogP contribution in [0.25, 0.3) is 11.1 Å². The van der Waals surface area contributed by atoms with Crippen LogP contribution in [0.1, 0.15) is 71.1 Å². The van der Waals surface area contributed by atoms with Crippen molar-refractivity contribution < 1.29 is 19.1 Å². The molecule has 5 nitrogen and oxygen atoms in total. The normalized spacial score (nSPS) is 13.5. The van der Waals surface area contributed by atoms with Gasteiger partial charge in [-0.3, -0.25) is 14.5 Å². The molecule has 2 aromatic rings. The molecule has 0 aliphatic carbocycles. The number of hydrogen-bond donors (Lipinski definition) is 0. The van der Waals surface area contributed by atoms with Crippen molar-refractivity contribution in [3.05, 3.63) is 48.5 Å². The largest absolute Gasteiger partial charge is 0.494 e. The van der Waals surface area contributed by atoms with Crippen LogP contribution >= 0.6 is 0 Å². The van der Waals surface area contributed by atoms with Gasteiger partial charge in [0.05, 0.1) is 13.2 Å². The van der Waals surface area contributed by atoms with Crippen molar-refractivity contribution in [1.29, 1.82) is 0 Å². The molecule has 5 heteroatoms. The minimum atomic E-state index is -0.0196. The van der Waals surface area contributed by atoms with Crippen LogP contribution in [0.15, 0.2) is 48.5 Å². The van der Waals surface area contributed by atoms with Crippen LogP contribution in [-0.2, 0) is 9.59 Å². The second-order valence-corrected chi connectivity index (χ2v) is 8.66. The third kappa shape index (κ3) is 8.23. The SMILES string of the molecule is CCCCCCOc1ccc(-c2ccc(OCCCCCCN3C(=O)CCC3=O)cc2)cc1. The zero-order chi connectivity index (χ0) is 23.3. The Hall–Kier alpha value is -2.82. The average molecular weight is 452 g/mol. The van der Waals surface area contributed by atoms with Crippen LogP contribution in [-0.4, -0.2) is 36.5 Å². The molecule has 2 amide bonds. The van der Waals surface area contributed by atoms with Crippen molar-refractivity contribution in [3.8, 4) is 22.6 Å². The maximum Gasteiger partial charge on any atom is 0.229 e. The lowest BCUT2D eigenvalue weighted by molar-refractivity contribution is -0.138. The third-order valence-electron chi connectivity index (χ3n) is 6.01. The van der Waals surface area contributed by atoms with Crippen LogP contribution < -0.4 is 9.47 Å². The Morgan fingerprint density at radius 2 is 1.09 bits per heavy atom. The lowest BCUT2D eigenvalue weighted by atomic mass is 10.1. The lowest BCUT2D eigenvalue weighted by Crippen LogP contribution is -2.29. The first-order valence-electron chi connectivity index (χ1n) is 12.5. The molecule has 0 saturated carbocycles. The second-order valence-electron chi connectivity index (χ2n) is 8.66. The Balaban J connectivity index is 1.30. The average Bonchev–Trinajstić information content (AvgIpc) is 3.16. The predicted molar refractivity (Wildman–Crippen MR) is 131 cm³/mol. The summed E-state index contributed by atoms with van der Waals surface area (Å²) in [7, 11) is 0. The molecule has 1 fully saturated rings. The maximum absolute atomic E-state index is 11.6.